The minimum Gasteiger partial charge on any atom is -0.355 e. The molecule has 0 aliphatic heterocycles. The summed E-state index contributed by atoms with van der Waals surface area (Å²) < 4.78 is 0. The number of carbonyl (C=O) groups excluding carboxylic acids is 1. The molecule has 1 aromatic rings. The van der Waals surface area contributed by atoms with E-state index < -0.39 is 0 Å². The van der Waals surface area contributed by atoms with Crippen LogP contribution in [0.5, 0.6) is 0 Å². The van der Waals surface area contributed by atoms with Crippen LogP contribution in [-0.2, 0) is 11.3 Å². The topological polar surface area (TPSA) is 66.9 Å². The third-order valence-electron chi connectivity index (χ3n) is 1.78. The molecular formula is C10H16N4O. The first-order valence-corrected chi connectivity index (χ1v) is 5.05. The van der Waals surface area contributed by atoms with Crippen molar-refractivity contribution in [1.82, 2.24) is 20.6 Å². The molecule has 0 saturated carbocycles. The van der Waals surface area contributed by atoms with Crippen molar-refractivity contribution in [1.29, 1.82) is 0 Å². The monoisotopic (exact) mass is 208 g/mol. The summed E-state index contributed by atoms with van der Waals surface area (Å²) in [7, 11) is 0. The molecule has 1 amide bonds. The van der Waals surface area contributed by atoms with E-state index in [1.54, 1.807) is 18.6 Å². The highest BCUT2D eigenvalue weighted by atomic mass is 16.1. The predicted octanol–water partition coefficient (Wildman–Crippen LogP) is 0.0924. The third-order valence-corrected chi connectivity index (χ3v) is 1.78. The number of aromatic nitrogens is 2. The smallest absolute Gasteiger partial charge is 0.233 e. The average molecular weight is 208 g/mol. The Hall–Kier alpha value is -1.49. The number of nitrogens with zero attached hydrogens (tertiary/aromatic N) is 2. The van der Waals surface area contributed by atoms with Gasteiger partial charge in [-0.05, 0) is 6.42 Å². The first-order valence-electron chi connectivity index (χ1n) is 5.05. The predicted molar refractivity (Wildman–Crippen MR) is 57.0 cm³/mol. The lowest BCUT2D eigenvalue weighted by Gasteiger charge is -2.04. The second kappa shape index (κ2) is 6.89. The van der Waals surface area contributed by atoms with Gasteiger partial charge in [0.2, 0.25) is 5.91 Å². The van der Waals surface area contributed by atoms with E-state index >= 15 is 0 Å². The van der Waals surface area contributed by atoms with Crippen molar-refractivity contribution in [2.75, 3.05) is 13.1 Å². The Morgan fingerprint density at radius 2 is 2.33 bits per heavy atom. The number of amides is 1. The van der Waals surface area contributed by atoms with Crippen molar-refractivity contribution in [3.05, 3.63) is 24.3 Å². The van der Waals surface area contributed by atoms with Crippen LogP contribution in [0, 0.1) is 0 Å². The molecular weight excluding hydrogens is 192 g/mol. The average Bonchev–Trinajstić information content (AvgIpc) is 2.28. The van der Waals surface area contributed by atoms with Gasteiger partial charge in [-0.15, -0.1) is 0 Å². The molecule has 0 aromatic carbocycles. The van der Waals surface area contributed by atoms with Crippen LogP contribution in [0.3, 0.4) is 0 Å². The highest BCUT2D eigenvalue weighted by Gasteiger charge is 1.99. The van der Waals surface area contributed by atoms with Crippen LogP contribution in [0.2, 0.25) is 0 Å². The maximum atomic E-state index is 11.2. The third kappa shape index (κ3) is 5.07. The van der Waals surface area contributed by atoms with E-state index in [1.165, 1.54) is 0 Å². The van der Waals surface area contributed by atoms with Gasteiger partial charge < -0.3 is 10.6 Å². The van der Waals surface area contributed by atoms with Crippen LogP contribution in [0.1, 0.15) is 19.0 Å². The Kier molecular flexibility index (Phi) is 5.32. The standard InChI is InChI=1S/C10H16N4O/c1-2-3-14-10(15)8-12-7-9-6-11-4-5-13-9/h4-6,12H,2-3,7-8H2,1H3,(H,14,15). The second-order valence-corrected chi connectivity index (χ2v) is 3.15. The second-order valence-electron chi connectivity index (χ2n) is 3.15. The summed E-state index contributed by atoms with van der Waals surface area (Å²) in [6, 6.07) is 0. The van der Waals surface area contributed by atoms with E-state index in [4.69, 9.17) is 0 Å². The molecule has 0 bridgehead atoms. The Balaban J connectivity index is 2.14. The van der Waals surface area contributed by atoms with Gasteiger partial charge in [0.25, 0.3) is 0 Å². The molecule has 0 unspecified atom stereocenters. The molecule has 1 aromatic heterocycles. The zero-order chi connectivity index (χ0) is 10.9. The van der Waals surface area contributed by atoms with Gasteiger partial charge in [0.15, 0.2) is 0 Å². The fourth-order valence-electron chi connectivity index (χ4n) is 1.05. The highest BCUT2D eigenvalue weighted by Crippen LogP contribution is 1.87. The molecule has 5 nitrogen and oxygen atoms in total. The molecule has 0 spiro atoms. The van der Waals surface area contributed by atoms with Crippen LogP contribution in [0.25, 0.3) is 0 Å². The molecule has 0 fully saturated rings. The van der Waals surface area contributed by atoms with Crippen molar-refractivity contribution in [3.8, 4) is 0 Å². The van der Waals surface area contributed by atoms with Crippen molar-refractivity contribution >= 4 is 5.91 Å². The fourth-order valence-corrected chi connectivity index (χ4v) is 1.05. The lowest BCUT2D eigenvalue weighted by molar-refractivity contribution is -0.120. The summed E-state index contributed by atoms with van der Waals surface area (Å²) in [5, 5.41) is 5.78. The Bertz CT molecular complexity index is 289. The van der Waals surface area contributed by atoms with Gasteiger partial charge in [-0.1, -0.05) is 6.92 Å². The molecule has 0 saturated heterocycles. The van der Waals surface area contributed by atoms with E-state index in [9.17, 15) is 4.79 Å². The lowest BCUT2D eigenvalue weighted by Crippen LogP contribution is -2.34. The molecule has 15 heavy (non-hydrogen) atoms. The molecule has 0 aliphatic carbocycles. The van der Waals surface area contributed by atoms with E-state index in [1.807, 2.05) is 6.92 Å². The highest BCUT2D eigenvalue weighted by molar-refractivity contribution is 5.77. The van der Waals surface area contributed by atoms with E-state index in [2.05, 4.69) is 20.6 Å². The van der Waals surface area contributed by atoms with Gasteiger partial charge >= 0.3 is 0 Å². The SMILES string of the molecule is CCCNC(=O)CNCc1cnccn1. The maximum Gasteiger partial charge on any atom is 0.233 e. The van der Waals surface area contributed by atoms with E-state index in [-0.39, 0.29) is 5.91 Å². The van der Waals surface area contributed by atoms with Gasteiger partial charge in [0.1, 0.15) is 0 Å². The number of rotatable bonds is 6. The molecule has 1 rings (SSSR count). The van der Waals surface area contributed by atoms with Crippen LogP contribution < -0.4 is 10.6 Å². The van der Waals surface area contributed by atoms with Crippen LogP contribution in [-0.4, -0.2) is 29.0 Å². The molecule has 0 atom stereocenters. The van der Waals surface area contributed by atoms with Crippen molar-refractivity contribution < 1.29 is 4.79 Å². The molecule has 0 aliphatic rings. The summed E-state index contributed by atoms with van der Waals surface area (Å²) in [5.74, 6) is 0.0146. The molecule has 2 N–H and O–H groups in total. The number of hydrogen-bond donors (Lipinski definition) is 2. The van der Waals surface area contributed by atoms with Crippen LogP contribution in [0.4, 0.5) is 0 Å². The Labute approximate surface area is 89.3 Å². The molecule has 0 radical (unpaired) electrons. The summed E-state index contributed by atoms with van der Waals surface area (Å²) in [6.07, 6.45) is 5.89. The fraction of sp³-hybridized carbons (Fsp3) is 0.500. The van der Waals surface area contributed by atoms with Gasteiger partial charge in [-0.25, -0.2) is 0 Å². The van der Waals surface area contributed by atoms with Crippen molar-refractivity contribution in [3.63, 3.8) is 0 Å². The Morgan fingerprint density at radius 1 is 1.47 bits per heavy atom. The van der Waals surface area contributed by atoms with Gasteiger partial charge in [-0.2, -0.15) is 0 Å². The van der Waals surface area contributed by atoms with Gasteiger partial charge in [-0.3, -0.25) is 14.8 Å². The molecule has 5 heteroatoms. The molecule has 82 valence electrons. The normalized spacial score (nSPS) is 9.93. The van der Waals surface area contributed by atoms with Gasteiger partial charge in [0.05, 0.1) is 12.2 Å². The lowest BCUT2D eigenvalue weighted by atomic mass is 10.4. The zero-order valence-electron chi connectivity index (χ0n) is 8.86. The minimum absolute atomic E-state index is 0.0146. The number of hydrogen-bond acceptors (Lipinski definition) is 4. The van der Waals surface area contributed by atoms with E-state index in [0.717, 1.165) is 18.7 Å². The first-order chi connectivity index (χ1) is 7.33. The summed E-state index contributed by atoms with van der Waals surface area (Å²) in [6.45, 7) is 3.63. The first kappa shape index (κ1) is 11.6. The Morgan fingerprint density at radius 3 is 3.00 bits per heavy atom. The van der Waals surface area contributed by atoms with Crippen LogP contribution >= 0.6 is 0 Å². The summed E-state index contributed by atoms with van der Waals surface area (Å²) >= 11 is 0. The van der Waals surface area contributed by atoms with E-state index in [0.29, 0.717) is 13.1 Å². The quantitative estimate of drug-likeness (QED) is 0.695. The zero-order valence-corrected chi connectivity index (χ0v) is 8.86. The van der Waals surface area contributed by atoms with Gasteiger partial charge in [0, 0.05) is 31.7 Å². The molecule has 1 heterocycles. The van der Waals surface area contributed by atoms with Crippen molar-refractivity contribution in [2.24, 2.45) is 0 Å². The minimum atomic E-state index is 0.0146. The summed E-state index contributed by atoms with van der Waals surface area (Å²) in [4.78, 5) is 19.2. The van der Waals surface area contributed by atoms with Crippen LogP contribution in [0.15, 0.2) is 18.6 Å². The number of nitrogens with one attached hydrogen (secondary N) is 2. The van der Waals surface area contributed by atoms with Crippen molar-refractivity contribution in [2.45, 2.75) is 19.9 Å². The maximum absolute atomic E-state index is 11.2. The largest absolute Gasteiger partial charge is 0.355 e. The summed E-state index contributed by atoms with van der Waals surface area (Å²) in [5.41, 5.74) is 0.834. The number of carbonyl (C=O) groups is 1.